The molecule has 1 heterocycles. The number of hydrogen-bond acceptors (Lipinski definition) is 4. The Balaban J connectivity index is 1.60. The second-order valence-electron chi connectivity index (χ2n) is 8.06. The summed E-state index contributed by atoms with van der Waals surface area (Å²) in [5.74, 6) is -0.460. The van der Waals surface area contributed by atoms with Crippen molar-refractivity contribution in [2.24, 2.45) is 0 Å². The summed E-state index contributed by atoms with van der Waals surface area (Å²) in [4.78, 5) is 17.1. The zero-order valence-electron chi connectivity index (χ0n) is 17.6. The lowest BCUT2D eigenvalue weighted by atomic mass is 9.99. The number of halogens is 2. The molecule has 1 amide bonds. The maximum atomic E-state index is 13.1. The third-order valence-electron chi connectivity index (χ3n) is 5.81. The lowest BCUT2D eigenvalue weighted by molar-refractivity contribution is -0.131. The lowest BCUT2D eigenvalue weighted by Gasteiger charge is -2.43. The van der Waals surface area contributed by atoms with E-state index < -0.39 is 0 Å². The fourth-order valence-electron chi connectivity index (χ4n) is 4.05. The molecule has 1 saturated heterocycles. The summed E-state index contributed by atoms with van der Waals surface area (Å²) >= 11 is 12.6. The monoisotopic (exact) mass is 470 g/mol. The number of nitrogens with zero attached hydrogens (tertiary/aromatic N) is 2. The molecule has 5 nitrogen and oxygen atoms in total. The fourth-order valence-corrected chi connectivity index (χ4v) is 4.57. The van der Waals surface area contributed by atoms with Gasteiger partial charge in [-0.3, -0.25) is 4.79 Å². The van der Waals surface area contributed by atoms with E-state index in [4.69, 9.17) is 23.2 Å². The van der Waals surface area contributed by atoms with Gasteiger partial charge in [0, 0.05) is 24.7 Å². The van der Waals surface area contributed by atoms with Crippen LogP contribution < -0.4 is 4.90 Å². The first-order valence-electron chi connectivity index (χ1n) is 10.4. The van der Waals surface area contributed by atoms with Crippen molar-refractivity contribution in [1.82, 2.24) is 4.90 Å². The molecule has 1 fully saturated rings. The topological polar surface area (TPSA) is 64.0 Å². The Bertz CT molecular complexity index is 1130. The highest BCUT2D eigenvalue weighted by molar-refractivity contribution is 6.36. The van der Waals surface area contributed by atoms with Gasteiger partial charge in [0.1, 0.15) is 0 Å². The number of piperazine rings is 1. The van der Waals surface area contributed by atoms with Crippen LogP contribution in [0.3, 0.4) is 0 Å². The predicted octanol–water partition coefficient (Wildman–Crippen LogP) is 5.35. The number of amides is 1. The van der Waals surface area contributed by atoms with Crippen LogP contribution in [0.15, 0.2) is 60.7 Å². The molecule has 1 aliphatic heterocycles. The molecule has 0 radical (unpaired) electrons. The van der Waals surface area contributed by atoms with Crippen LogP contribution in [-0.2, 0) is 11.2 Å². The Morgan fingerprint density at radius 1 is 0.969 bits per heavy atom. The van der Waals surface area contributed by atoms with Crippen molar-refractivity contribution in [3.63, 3.8) is 0 Å². The Kier molecular flexibility index (Phi) is 6.49. The summed E-state index contributed by atoms with van der Waals surface area (Å²) in [5.41, 5.74) is 3.81. The van der Waals surface area contributed by atoms with Crippen LogP contribution in [-0.4, -0.2) is 40.7 Å². The zero-order valence-corrected chi connectivity index (χ0v) is 19.1. The van der Waals surface area contributed by atoms with Crippen LogP contribution >= 0.6 is 23.2 Å². The van der Waals surface area contributed by atoms with Crippen molar-refractivity contribution >= 4 is 34.8 Å². The molecular formula is C25H24Cl2N2O3. The number of aromatic hydroxyl groups is 2. The molecule has 3 aromatic carbocycles. The Labute approximate surface area is 197 Å². The predicted molar refractivity (Wildman–Crippen MR) is 128 cm³/mol. The number of anilines is 1. The molecule has 32 heavy (non-hydrogen) atoms. The summed E-state index contributed by atoms with van der Waals surface area (Å²) in [6.45, 7) is 3.71. The lowest BCUT2D eigenvalue weighted by Crippen LogP contribution is -2.51. The molecule has 0 bridgehead atoms. The quantitative estimate of drug-likeness (QED) is 0.504. The molecule has 0 aromatic heterocycles. The average Bonchev–Trinajstić information content (AvgIpc) is 2.77. The largest absolute Gasteiger partial charge is 0.504 e. The fraction of sp³-hybridized carbons (Fsp3) is 0.240. The summed E-state index contributed by atoms with van der Waals surface area (Å²) in [7, 11) is 0. The molecular weight excluding hydrogens is 447 g/mol. The zero-order chi connectivity index (χ0) is 22.8. The average molecular weight is 471 g/mol. The number of aryl methyl sites for hydroxylation is 1. The van der Waals surface area contributed by atoms with Crippen LogP contribution in [0.4, 0.5) is 5.69 Å². The van der Waals surface area contributed by atoms with Gasteiger partial charge >= 0.3 is 0 Å². The van der Waals surface area contributed by atoms with E-state index in [9.17, 15) is 15.0 Å². The molecule has 1 atom stereocenters. The number of phenolic OH excluding ortho intramolecular Hbond substituents is 2. The van der Waals surface area contributed by atoms with E-state index in [1.165, 1.54) is 17.7 Å². The molecule has 0 spiro atoms. The van der Waals surface area contributed by atoms with Gasteiger partial charge in [0.05, 0.1) is 23.2 Å². The number of rotatable bonds is 4. The van der Waals surface area contributed by atoms with Crippen LogP contribution in [0, 0.1) is 6.92 Å². The van der Waals surface area contributed by atoms with Gasteiger partial charge in [0.2, 0.25) is 5.91 Å². The van der Waals surface area contributed by atoms with Crippen molar-refractivity contribution in [2.45, 2.75) is 19.4 Å². The van der Waals surface area contributed by atoms with E-state index in [1.54, 1.807) is 12.1 Å². The van der Waals surface area contributed by atoms with E-state index >= 15 is 0 Å². The van der Waals surface area contributed by atoms with Gasteiger partial charge in [-0.15, -0.1) is 0 Å². The highest BCUT2D eigenvalue weighted by Gasteiger charge is 2.32. The summed E-state index contributed by atoms with van der Waals surface area (Å²) in [6.07, 6.45) is 0.149. The second-order valence-corrected chi connectivity index (χ2v) is 8.90. The normalized spacial score (nSPS) is 16.3. The Morgan fingerprint density at radius 2 is 1.72 bits per heavy atom. The second kappa shape index (κ2) is 9.31. The molecule has 0 saturated carbocycles. The first kappa shape index (κ1) is 22.3. The number of carbonyl (C=O) groups is 1. The van der Waals surface area contributed by atoms with Crippen LogP contribution in [0.5, 0.6) is 11.5 Å². The smallest absolute Gasteiger partial charge is 0.227 e. The number of benzene rings is 3. The van der Waals surface area contributed by atoms with Gasteiger partial charge in [0.25, 0.3) is 0 Å². The van der Waals surface area contributed by atoms with E-state index in [0.29, 0.717) is 35.2 Å². The van der Waals surface area contributed by atoms with Gasteiger partial charge in [-0.25, -0.2) is 0 Å². The van der Waals surface area contributed by atoms with E-state index in [2.05, 4.69) is 29.2 Å². The number of carbonyl (C=O) groups excluding carboxylic acids is 1. The summed E-state index contributed by atoms with van der Waals surface area (Å²) in [6, 6.07) is 18.2. The summed E-state index contributed by atoms with van der Waals surface area (Å²) < 4.78 is 0. The van der Waals surface area contributed by atoms with Crippen molar-refractivity contribution < 1.29 is 15.0 Å². The standard InChI is InChI=1S/C25H24Cl2N2O3/c1-16-2-5-18(6-3-16)22-15-28(25(32)13-17-4-9-23(30)24(31)12-17)10-11-29(22)21-8-7-19(26)14-20(21)27/h2-9,12,14,22,30-31H,10-11,13,15H2,1H3. The van der Waals surface area contributed by atoms with Gasteiger partial charge in [-0.2, -0.15) is 0 Å². The maximum Gasteiger partial charge on any atom is 0.227 e. The first-order chi connectivity index (χ1) is 15.3. The van der Waals surface area contributed by atoms with Gasteiger partial charge in [-0.1, -0.05) is 59.1 Å². The highest BCUT2D eigenvalue weighted by Crippen LogP contribution is 2.37. The third kappa shape index (κ3) is 4.79. The van der Waals surface area contributed by atoms with Crippen molar-refractivity contribution in [1.29, 1.82) is 0 Å². The number of phenols is 2. The van der Waals surface area contributed by atoms with Crippen molar-refractivity contribution in [3.8, 4) is 11.5 Å². The molecule has 3 aromatic rings. The molecule has 1 unspecified atom stereocenters. The maximum absolute atomic E-state index is 13.1. The third-order valence-corrected chi connectivity index (χ3v) is 6.35. The van der Waals surface area contributed by atoms with Gasteiger partial charge in [-0.05, 0) is 48.4 Å². The van der Waals surface area contributed by atoms with Crippen LogP contribution in [0.25, 0.3) is 0 Å². The van der Waals surface area contributed by atoms with Gasteiger partial charge in [0.15, 0.2) is 11.5 Å². The van der Waals surface area contributed by atoms with Crippen LogP contribution in [0.2, 0.25) is 10.0 Å². The molecule has 1 aliphatic rings. The van der Waals surface area contributed by atoms with E-state index in [0.717, 1.165) is 11.3 Å². The van der Waals surface area contributed by atoms with E-state index in [-0.39, 0.29) is 29.9 Å². The van der Waals surface area contributed by atoms with E-state index in [1.807, 2.05) is 24.0 Å². The highest BCUT2D eigenvalue weighted by atomic mass is 35.5. The SMILES string of the molecule is Cc1ccc(C2CN(C(=O)Cc3ccc(O)c(O)c3)CCN2c2ccc(Cl)cc2Cl)cc1. The molecule has 7 heteroatoms. The Hall–Kier alpha value is -2.89. The first-order valence-corrected chi connectivity index (χ1v) is 11.1. The minimum atomic E-state index is -0.227. The Morgan fingerprint density at radius 3 is 2.41 bits per heavy atom. The molecule has 4 rings (SSSR count). The van der Waals surface area contributed by atoms with Crippen molar-refractivity contribution in [2.75, 3.05) is 24.5 Å². The summed E-state index contributed by atoms with van der Waals surface area (Å²) in [5, 5.41) is 20.4. The number of hydrogen-bond donors (Lipinski definition) is 2. The van der Waals surface area contributed by atoms with Crippen LogP contribution in [0.1, 0.15) is 22.7 Å². The molecule has 2 N–H and O–H groups in total. The minimum Gasteiger partial charge on any atom is -0.504 e. The van der Waals surface area contributed by atoms with Gasteiger partial charge < -0.3 is 20.0 Å². The van der Waals surface area contributed by atoms with Crippen molar-refractivity contribution in [3.05, 3.63) is 87.4 Å². The molecule has 166 valence electrons. The molecule has 0 aliphatic carbocycles. The minimum absolute atomic E-state index is 0.0333.